The van der Waals surface area contributed by atoms with Crippen molar-refractivity contribution in [1.29, 1.82) is 0 Å². The summed E-state index contributed by atoms with van der Waals surface area (Å²) in [6.45, 7) is 8.61. The van der Waals surface area contributed by atoms with E-state index >= 15 is 0 Å². The smallest absolute Gasteiger partial charge is 0.185 e. The average Bonchev–Trinajstić information content (AvgIpc) is 2.56. The van der Waals surface area contributed by atoms with E-state index in [-0.39, 0.29) is 6.04 Å². The van der Waals surface area contributed by atoms with E-state index in [0.717, 1.165) is 29.6 Å². The number of aryl methyl sites for hydroxylation is 2. The Kier molecular flexibility index (Phi) is 6.60. The van der Waals surface area contributed by atoms with Crippen molar-refractivity contribution in [3.05, 3.63) is 76.0 Å². The van der Waals surface area contributed by atoms with Crippen LogP contribution in [0.15, 0.2) is 48.5 Å². The van der Waals surface area contributed by atoms with Gasteiger partial charge in [-0.2, -0.15) is 0 Å². The zero-order chi connectivity index (χ0) is 17.5. The molecular formula is C22H29NO. The molecule has 2 rings (SSSR count). The van der Waals surface area contributed by atoms with E-state index in [4.69, 9.17) is 0 Å². The Morgan fingerprint density at radius 1 is 1.04 bits per heavy atom. The fraction of sp³-hybridized carbons (Fsp3) is 0.409. The average molecular weight is 323 g/mol. The molecule has 2 aromatic carbocycles. The standard InChI is InChI=1S/C22H29NO/c1-17(2)15-20-12-13-21(18(3)16-20)11-8-14-23(24)19(4)22-9-6-5-7-10-22/h5-7,9-10,12-14,16-17,19H,8,11,15H2,1-4H3. The molecule has 2 aromatic rings. The van der Waals surface area contributed by atoms with Gasteiger partial charge in [-0.3, -0.25) is 0 Å². The molecule has 1 unspecified atom stereocenters. The van der Waals surface area contributed by atoms with Gasteiger partial charge in [0.2, 0.25) is 0 Å². The lowest BCUT2D eigenvalue weighted by molar-refractivity contribution is -0.499. The Morgan fingerprint density at radius 3 is 2.38 bits per heavy atom. The number of hydrogen-bond donors (Lipinski definition) is 0. The van der Waals surface area contributed by atoms with Gasteiger partial charge in [0.25, 0.3) is 0 Å². The minimum absolute atomic E-state index is 0.138. The second-order valence-electron chi connectivity index (χ2n) is 7.03. The molecule has 0 amide bonds. The Morgan fingerprint density at radius 2 is 1.75 bits per heavy atom. The molecule has 0 saturated carbocycles. The van der Waals surface area contributed by atoms with E-state index in [2.05, 4.69) is 39.0 Å². The molecule has 0 saturated heterocycles. The van der Waals surface area contributed by atoms with Gasteiger partial charge in [0, 0.05) is 18.9 Å². The van der Waals surface area contributed by atoms with E-state index in [1.54, 1.807) is 6.21 Å². The lowest BCUT2D eigenvalue weighted by atomic mass is 9.97. The molecule has 0 heterocycles. The fourth-order valence-corrected chi connectivity index (χ4v) is 3.02. The van der Waals surface area contributed by atoms with Gasteiger partial charge in [0.1, 0.15) is 0 Å². The number of rotatable bonds is 7. The lowest BCUT2D eigenvalue weighted by Gasteiger charge is -2.13. The van der Waals surface area contributed by atoms with Crippen LogP contribution in [0, 0.1) is 18.0 Å². The predicted molar refractivity (Wildman–Crippen MR) is 103 cm³/mol. The summed E-state index contributed by atoms with van der Waals surface area (Å²) >= 11 is 0. The third kappa shape index (κ3) is 5.23. The van der Waals surface area contributed by atoms with Gasteiger partial charge >= 0.3 is 0 Å². The summed E-state index contributed by atoms with van der Waals surface area (Å²) in [7, 11) is 0. The summed E-state index contributed by atoms with van der Waals surface area (Å²) in [4.78, 5) is 0. The van der Waals surface area contributed by atoms with E-state index in [1.165, 1.54) is 16.7 Å². The van der Waals surface area contributed by atoms with Crippen molar-refractivity contribution in [2.24, 2.45) is 5.92 Å². The first-order valence-corrected chi connectivity index (χ1v) is 8.89. The maximum Gasteiger partial charge on any atom is 0.185 e. The molecule has 0 aliphatic heterocycles. The van der Waals surface area contributed by atoms with Crippen LogP contribution >= 0.6 is 0 Å². The fourth-order valence-electron chi connectivity index (χ4n) is 3.02. The number of nitrogens with zero attached hydrogens (tertiary/aromatic N) is 1. The van der Waals surface area contributed by atoms with E-state index in [1.807, 2.05) is 37.3 Å². The Balaban J connectivity index is 1.95. The highest BCUT2D eigenvalue weighted by atomic mass is 16.5. The normalized spacial score (nSPS) is 13.3. The van der Waals surface area contributed by atoms with Crippen molar-refractivity contribution in [1.82, 2.24) is 0 Å². The first-order valence-electron chi connectivity index (χ1n) is 8.89. The summed E-state index contributed by atoms with van der Waals surface area (Å²) in [6, 6.07) is 16.5. The van der Waals surface area contributed by atoms with Crippen molar-refractivity contribution < 1.29 is 4.74 Å². The highest BCUT2D eigenvalue weighted by Gasteiger charge is 2.11. The van der Waals surface area contributed by atoms with Crippen molar-refractivity contribution in [3.63, 3.8) is 0 Å². The van der Waals surface area contributed by atoms with Crippen LogP contribution in [0.5, 0.6) is 0 Å². The van der Waals surface area contributed by atoms with Gasteiger partial charge in [-0.05, 0) is 42.4 Å². The minimum atomic E-state index is -0.138. The van der Waals surface area contributed by atoms with Gasteiger partial charge in [-0.25, -0.2) is 4.74 Å². The van der Waals surface area contributed by atoms with Gasteiger partial charge in [0.05, 0.1) is 0 Å². The van der Waals surface area contributed by atoms with Crippen LogP contribution in [0.25, 0.3) is 0 Å². The molecule has 0 aromatic heterocycles. The van der Waals surface area contributed by atoms with Gasteiger partial charge in [0.15, 0.2) is 12.3 Å². The van der Waals surface area contributed by atoms with Crippen LogP contribution in [0.1, 0.15) is 55.5 Å². The van der Waals surface area contributed by atoms with Gasteiger partial charge in [-0.1, -0.05) is 62.4 Å². The molecule has 0 aliphatic carbocycles. The topological polar surface area (TPSA) is 26.1 Å². The second-order valence-corrected chi connectivity index (χ2v) is 7.03. The SMILES string of the molecule is Cc1cc(CC(C)C)ccc1CCC=[N+]([O-])C(C)c1ccccc1. The largest absolute Gasteiger partial charge is 0.624 e. The van der Waals surface area contributed by atoms with Gasteiger partial charge < -0.3 is 5.21 Å². The van der Waals surface area contributed by atoms with Crippen molar-refractivity contribution in [2.45, 2.75) is 53.0 Å². The minimum Gasteiger partial charge on any atom is -0.624 e. The van der Waals surface area contributed by atoms with Crippen molar-refractivity contribution in [2.75, 3.05) is 0 Å². The number of benzene rings is 2. The molecular weight excluding hydrogens is 294 g/mol. The molecule has 0 N–H and O–H groups in total. The van der Waals surface area contributed by atoms with Crippen LogP contribution in [0.4, 0.5) is 0 Å². The van der Waals surface area contributed by atoms with E-state index in [0.29, 0.717) is 5.92 Å². The lowest BCUT2D eigenvalue weighted by Crippen LogP contribution is -2.11. The molecule has 2 heteroatoms. The van der Waals surface area contributed by atoms with E-state index in [9.17, 15) is 5.21 Å². The third-order valence-corrected chi connectivity index (χ3v) is 4.44. The van der Waals surface area contributed by atoms with Crippen LogP contribution in [0.3, 0.4) is 0 Å². The molecule has 128 valence electrons. The Bertz CT molecular complexity index is 674. The van der Waals surface area contributed by atoms with Crippen LogP contribution in [0.2, 0.25) is 0 Å². The molecule has 0 bridgehead atoms. The Hall–Kier alpha value is -2.09. The molecule has 1 atom stereocenters. The third-order valence-electron chi connectivity index (χ3n) is 4.44. The van der Waals surface area contributed by atoms with Crippen LogP contribution < -0.4 is 0 Å². The zero-order valence-electron chi connectivity index (χ0n) is 15.3. The summed E-state index contributed by atoms with van der Waals surface area (Å²) in [6.07, 6.45) is 4.58. The molecule has 2 nitrogen and oxygen atoms in total. The second kappa shape index (κ2) is 8.68. The summed E-state index contributed by atoms with van der Waals surface area (Å²) in [5.74, 6) is 0.678. The quantitative estimate of drug-likeness (QED) is 0.287. The maximum absolute atomic E-state index is 12.3. The van der Waals surface area contributed by atoms with Gasteiger partial charge in [-0.15, -0.1) is 0 Å². The predicted octanol–water partition coefficient (Wildman–Crippen LogP) is 5.47. The molecule has 0 aliphatic rings. The zero-order valence-corrected chi connectivity index (χ0v) is 15.3. The summed E-state index contributed by atoms with van der Waals surface area (Å²) < 4.78 is 1.08. The maximum atomic E-state index is 12.3. The van der Waals surface area contributed by atoms with Crippen molar-refractivity contribution >= 4 is 6.21 Å². The number of hydroxylamine groups is 1. The summed E-state index contributed by atoms with van der Waals surface area (Å²) in [5.41, 5.74) is 5.12. The molecule has 0 radical (unpaired) electrons. The van der Waals surface area contributed by atoms with Crippen LogP contribution in [-0.2, 0) is 12.8 Å². The number of hydrogen-bond acceptors (Lipinski definition) is 1. The molecule has 0 fully saturated rings. The summed E-state index contributed by atoms with van der Waals surface area (Å²) in [5, 5.41) is 12.3. The Labute approximate surface area is 146 Å². The highest BCUT2D eigenvalue weighted by molar-refractivity contribution is 5.52. The first kappa shape index (κ1) is 18.3. The van der Waals surface area contributed by atoms with Crippen LogP contribution in [-0.4, -0.2) is 11.0 Å². The highest BCUT2D eigenvalue weighted by Crippen LogP contribution is 2.17. The molecule has 0 spiro atoms. The van der Waals surface area contributed by atoms with Crippen molar-refractivity contribution in [3.8, 4) is 0 Å². The van der Waals surface area contributed by atoms with E-state index < -0.39 is 0 Å². The monoisotopic (exact) mass is 323 g/mol. The first-order chi connectivity index (χ1) is 11.5. The molecule has 24 heavy (non-hydrogen) atoms.